The summed E-state index contributed by atoms with van der Waals surface area (Å²) in [5.74, 6) is 0.593. The molecule has 1 aliphatic heterocycles. The molecule has 2 aromatic heterocycles. The minimum atomic E-state index is -0.106. The number of nitrogens with zero attached hydrogens (tertiary/aromatic N) is 5. The monoisotopic (exact) mass is 301 g/mol. The van der Waals surface area contributed by atoms with Crippen molar-refractivity contribution in [2.75, 3.05) is 13.2 Å². The fourth-order valence-electron chi connectivity index (χ4n) is 3.47. The van der Waals surface area contributed by atoms with E-state index in [0.29, 0.717) is 18.9 Å². The van der Waals surface area contributed by atoms with Gasteiger partial charge < -0.3 is 9.64 Å². The van der Waals surface area contributed by atoms with Gasteiger partial charge in [0.15, 0.2) is 0 Å². The molecule has 1 aliphatic carbocycles. The van der Waals surface area contributed by atoms with Gasteiger partial charge >= 0.3 is 0 Å². The molecule has 2 aliphatic rings. The number of hydrogen-bond donors (Lipinski definition) is 0. The van der Waals surface area contributed by atoms with Crippen LogP contribution in [0.25, 0.3) is 5.78 Å². The highest BCUT2D eigenvalue weighted by atomic mass is 16.5. The molecule has 0 radical (unpaired) electrons. The van der Waals surface area contributed by atoms with Crippen molar-refractivity contribution >= 4 is 11.7 Å². The molecule has 0 bridgehead atoms. The lowest BCUT2D eigenvalue weighted by molar-refractivity contribution is -0.0755. The quantitative estimate of drug-likeness (QED) is 0.792. The zero-order valence-electron chi connectivity index (χ0n) is 12.6. The van der Waals surface area contributed by atoms with Gasteiger partial charge in [-0.3, -0.25) is 4.79 Å². The molecule has 7 nitrogen and oxygen atoms in total. The number of morpholine rings is 1. The van der Waals surface area contributed by atoms with Crippen LogP contribution in [0, 0.1) is 6.92 Å². The zero-order chi connectivity index (χ0) is 15.1. The first kappa shape index (κ1) is 13.6. The first-order valence-corrected chi connectivity index (χ1v) is 7.85. The fourth-order valence-corrected chi connectivity index (χ4v) is 3.47. The molecule has 1 amide bonds. The smallest absolute Gasteiger partial charge is 0.294 e. The van der Waals surface area contributed by atoms with Crippen molar-refractivity contribution in [3.8, 4) is 0 Å². The lowest BCUT2D eigenvalue weighted by Crippen LogP contribution is -2.55. The maximum absolute atomic E-state index is 12.8. The van der Waals surface area contributed by atoms with Crippen molar-refractivity contribution in [1.29, 1.82) is 0 Å². The number of fused-ring (bicyclic) bond motifs is 2. The number of hydrogen-bond acceptors (Lipinski definition) is 5. The minimum Gasteiger partial charge on any atom is -0.374 e. The summed E-state index contributed by atoms with van der Waals surface area (Å²) in [5, 5.41) is 4.34. The van der Waals surface area contributed by atoms with Crippen molar-refractivity contribution in [2.24, 2.45) is 0 Å². The number of carbonyl (C=O) groups excluding carboxylic acids is 1. The van der Waals surface area contributed by atoms with Crippen LogP contribution in [-0.2, 0) is 4.74 Å². The van der Waals surface area contributed by atoms with E-state index in [1.54, 1.807) is 10.7 Å². The van der Waals surface area contributed by atoms with E-state index in [0.717, 1.165) is 25.0 Å². The van der Waals surface area contributed by atoms with Crippen LogP contribution in [0.2, 0.25) is 0 Å². The molecule has 1 saturated carbocycles. The number of ether oxygens (including phenoxy) is 1. The number of rotatable bonds is 1. The molecular weight excluding hydrogens is 282 g/mol. The Labute approximate surface area is 128 Å². The van der Waals surface area contributed by atoms with Gasteiger partial charge in [0.25, 0.3) is 11.7 Å². The van der Waals surface area contributed by atoms with Crippen LogP contribution in [-0.4, -0.2) is 55.7 Å². The van der Waals surface area contributed by atoms with Gasteiger partial charge in [-0.25, -0.2) is 9.50 Å². The molecule has 0 spiro atoms. The summed E-state index contributed by atoms with van der Waals surface area (Å²) in [6.07, 6.45) is 6.21. The Balaban J connectivity index is 1.65. The van der Waals surface area contributed by atoms with Crippen LogP contribution in [0.5, 0.6) is 0 Å². The Kier molecular flexibility index (Phi) is 3.29. The van der Waals surface area contributed by atoms with Crippen LogP contribution in [0.3, 0.4) is 0 Å². The normalized spacial score (nSPS) is 25.2. The van der Waals surface area contributed by atoms with E-state index in [-0.39, 0.29) is 23.9 Å². The third-order valence-corrected chi connectivity index (χ3v) is 4.61. The standard InChI is InChI=1S/C15H19N5O2/c1-10-6-7-16-15-17-13(18-20(10)15)14(21)19-8-9-22-12-5-3-2-4-11(12)19/h6-7,11-12H,2-5,8-9H2,1H3/t11-,12-/m1/s1. The van der Waals surface area contributed by atoms with Crippen molar-refractivity contribution in [3.05, 3.63) is 23.8 Å². The summed E-state index contributed by atoms with van der Waals surface area (Å²) in [5.41, 5.74) is 0.911. The van der Waals surface area contributed by atoms with E-state index in [2.05, 4.69) is 15.1 Å². The molecule has 0 aromatic carbocycles. The Morgan fingerprint density at radius 1 is 1.36 bits per heavy atom. The summed E-state index contributed by atoms with van der Waals surface area (Å²) in [7, 11) is 0. The highest BCUT2D eigenvalue weighted by Gasteiger charge is 2.38. The number of amides is 1. The van der Waals surface area contributed by atoms with E-state index < -0.39 is 0 Å². The van der Waals surface area contributed by atoms with E-state index in [9.17, 15) is 4.79 Å². The van der Waals surface area contributed by atoms with E-state index >= 15 is 0 Å². The van der Waals surface area contributed by atoms with Crippen LogP contribution in [0.1, 0.15) is 42.0 Å². The Morgan fingerprint density at radius 2 is 2.23 bits per heavy atom. The molecule has 4 rings (SSSR count). The zero-order valence-corrected chi connectivity index (χ0v) is 12.6. The molecule has 2 aromatic rings. The van der Waals surface area contributed by atoms with Gasteiger partial charge in [-0.05, 0) is 25.8 Å². The number of aryl methyl sites for hydroxylation is 1. The van der Waals surface area contributed by atoms with Gasteiger partial charge in [0, 0.05) is 18.4 Å². The van der Waals surface area contributed by atoms with Crippen LogP contribution in [0.4, 0.5) is 0 Å². The highest BCUT2D eigenvalue weighted by Crippen LogP contribution is 2.29. The second-order valence-corrected chi connectivity index (χ2v) is 5.99. The lowest BCUT2D eigenvalue weighted by Gasteiger charge is -2.43. The average Bonchev–Trinajstić information content (AvgIpc) is 2.99. The first-order valence-electron chi connectivity index (χ1n) is 7.85. The van der Waals surface area contributed by atoms with E-state index in [1.165, 1.54) is 6.42 Å². The molecule has 2 fully saturated rings. The second-order valence-electron chi connectivity index (χ2n) is 5.99. The third-order valence-electron chi connectivity index (χ3n) is 4.61. The fraction of sp³-hybridized carbons (Fsp3) is 0.600. The topological polar surface area (TPSA) is 72.6 Å². The van der Waals surface area contributed by atoms with Crippen molar-refractivity contribution < 1.29 is 9.53 Å². The predicted octanol–water partition coefficient (Wildman–Crippen LogP) is 1.22. The van der Waals surface area contributed by atoms with Gasteiger partial charge in [0.2, 0.25) is 5.82 Å². The molecule has 3 heterocycles. The lowest BCUT2D eigenvalue weighted by atomic mass is 9.90. The number of aromatic nitrogens is 4. The first-order chi connectivity index (χ1) is 10.7. The average molecular weight is 301 g/mol. The second kappa shape index (κ2) is 5.31. The SMILES string of the molecule is Cc1ccnc2nc(C(=O)N3CCO[C@@H]4CCCC[C@H]43)nn12. The maximum Gasteiger partial charge on any atom is 0.294 e. The van der Waals surface area contributed by atoms with E-state index in [1.807, 2.05) is 17.9 Å². The van der Waals surface area contributed by atoms with Crippen LogP contribution in [0.15, 0.2) is 12.3 Å². The van der Waals surface area contributed by atoms with E-state index in [4.69, 9.17) is 4.74 Å². The summed E-state index contributed by atoms with van der Waals surface area (Å²) in [6.45, 7) is 3.13. The van der Waals surface area contributed by atoms with Crippen molar-refractivity contribution in [1.82, 2.24) is 24.5 Å². The predicted molar refractivity (Wildman–Crippen MR) is 78.6 cm³/mol. The molecule has 116 valence electrons. The van der Waals surface area contributed by atoms with Crippen molar-refractivity contribution in [2.45, 2.75) is 44.8 Å². The Hall–Kier alpha value is -2.02. The third kappa shape index (κ3) is 2.16. The van der Waals surface area contributed by atoms with Gasteiger partial charge in [-0.1, -0.05) is 12.8 Å². The van der Waals surface area contributed by atoms with Gasteiger partial charge in [0.05, 0.1) is 18.8 Å². The Morgan fingerprint density at radius 3 is 3.09 bits per heavy atom. The summed E-state index contributed by atoms with van der Waals surface area (Å²) in [6, 6.07) is 2.01. The van der Waals surface area contributed by atoms with Gasteiger partial charge in [0.1, 0.15) is 0 Å². The molecule has 2 atom stereocenters. The molecule has 7 heteroatoms. The Bertz CT molecular complexity index is 711. The summed E-state index contributed by atoms with van der Waals surface area (Å²) < 4.78 is 7.44. The highest BCUT2D eigenvalue weighted by molar-refractivity contribution is 5.91. The molecule has 1 saturated heterocycles. The number of carbonyl (C=O) groups is 1. The largest absolute Gasteiger partial charge is 0.374 e. The van der Waals surface area contributed by atoms with Gasteiger partial charge in [-0.15, -0.1) is 5.10 Å². The maximum atomic E-state index is 12.8. The molecule has 0 N–H and O–H groups in total. The molecule has 0 unspecified atom stereocenters. The summed E-state index contributed by atoms with van der Waals surface area (Å²) in [4.78, 5) is 23.2. The summed E-state index contributed by atoms with van der Waals surface area (Å²) >= 11 is 0. The van der Waals surface area contributed by atoms with Crippen molar-refractivity contribution in [3.63, 3.8) is 0 Å². The molecular formula is C15H19N5O2. The van der Waals surface area contributed by atoms with Crippen LogP contribution < -0.4 is 0 Å². The minimum absolute atomic E-state index is 0.106. The van der Waals surface area contributed by atoms with Gasteiger partial charge in [-0.2, -0.15) is 4.98 Å². The van der Waals surface area contributed by atoms with Crippen LogP contribution >= 0.6 is 0 Å². The molecule has 22 heavy (non-hydrogen) atoms.